The molecule has 1 atom stereocenters. The Balaban J connectivity index is 2.02. The van der Waals surface area contributed by atoms with Gasteiger partial charge in [-0.3, -0.25) is 9.59 Å². The molecule has 0 saturated carbocycles. The third-order valence-corrected chi connectivity index (χ3v) is 3.02. The molecule has 1 aromatic heterocycles. The Labute approximate surface area is 133 Å². The van der Waals surface area contributed by atoms with Gasteiger partial charge >= 0.3 is 5.97 Å². The number of nitrogens with zero attached hydrogens (tertiary/aromatic N) is 1. The highest BCUT2D eigenvalue weighted by atomic mass is 16.5. The molecule has 0 radical (unpaired) electrons. The van der Waals surface area contributed by atoms with Crippen molar-refractivity contribution >= 4 is 23.3 Å². The summed E-state index contributed by atoms with van der Waals surface area (Å²) in [4.78, 5) is 39.0. The number of ketones is 1. The number of carbonyl (C=O) groups is 3. The van der Waals surface area contributed by atoms with Crippen LogP contribution in [0.1, 0.15) is 34.7 Å². The SMILES string of the molecule is CC(=O)Nc1ccc(C(=O)C(C)OC(=O)c2ccccn2)cc1. The molecule has 118 valence electrons. The summed E-state index contributed by atoms with van der Waals surface area (Å²) in [7, 11) is 0. The fourth-order valence-electron chi connectivity index (χ4n) is 1.91. The molecule has 0 saturated heterocycles. The molecule has 6 nitrogen and oxygen atoms in total. The molecule has 23 heavy (non-hydrogen) atoms. The molecule has 0 aliphatic carbocycles. The fraction of sp³-hybridized carbons (Fsp3) is 0.176. The smallest absolute Gasteiger partial charge is 0.357 e. The molecule has 2 rings (SSSR count). The van der Waals surface area contributed by atoms with Gasteiger partial charge in [0.05, 0.1) is 0 Å². The quantitative estimate of drug-likeness (QED) is 0.677. The second kappa shape index (κ2) is 7.31. The molecule has 0 fully saturated rings. The van der Waals surface area contributed by atoms with Gasteiger partial charge in [0, 0.05) is 24.4 Å². The number of anilines is 1. The van der Waals surface area contributed by atoms with Crippen LogP contribution in [0.2, 0.25) is 0 Å². The van der Waals surface area contributed by atoms with Gasteiger partial charge in [0.2, 0.25) is 11.7 Å². The summed E-state index contributed by atoms with van der Waals surface area (Å²) >= 11 is 0. The maximum atomic E-state index is 12.3. The van der Waals surface area contributed by atoms with Gasteiger partial charge in [-0.15, -0.1) is 0 Å². The van der Waals surface area contributed by atoms with Crippen molar-refractivity contribution in [1.29, 1.82) is 0 Å². The van der Waals surface area contributed by atoms with Gasteiger partial charge in [0.1, 0.15) is 5.69 Å². The minimum atomic E-state index is -0.934. The Kier molecular flexibility index (Phi) is 5.19. The zero-order chi connectivity index (χ0) is 16.8. The van der Waals surface area contributed by atoms with Crippen LogP contribution in [0.3, 0.4) is 0 Å². The third kappa shape index (κ3) is 4.47. The molecule has 0 spiro atoms. The third-order valence-electron chi connectivity index (χ3n) is 3.02. The topological polar surface area (TPSA) is 85.4 Å². The summed E-state index contributed by atoms with van der Waals surface area (Å²) < 4.78 is 5.13. The van der Waals surface area contributed by atoms with Crippen LogP contribution in [0, 0.1) is 0 Å². The largest absolute Gasteiger partial charge is 0.450 e. The van der Waals surface area contributed by atoms with E-state index in [0.717, 1.165) is 0 Å². The molecule has 1 N–H and O–H groups in total. The fourth-order valence-corrected chi connectivity index (χ4v) is 1.91. The van der Waals surface area contributed by atoms with Gasteiger partial charge in [-0.05, 0) is 43.3 Å². The van der Waals surface area contributed by atoms with Crippen LogP contribution in [0.25, 0.3) is 0 Å². The zero-order valence-corrected chi connectivity index (χ0v) is 12.8. The maximum absolute atomic E-state index is 12.3. The Morgan fingerprint density at radius 3 is 2.35 bits per heavy atom. The number of nitrogens with one attached hydrogen (secondary N) is 1. The first kappa shape index (κ1) is 16.4. The van der Waals surface area contributed by atoms with E-state index in [1.807, 2.05) is 0 Å². The van der Waals surface area contributed by atoms with E-state index in [4.69, 9.17) is 4.74 Å². The average molecular weight is 312 g/mol. The predicted octanol–water partition coefficient (Wildman–Crippen LogP) is 2.47. The molecule has 0 aliphatic heterocycles. The van der Waals surface area contributed by atoms with E-state index in [9.17, 15) is 14.4 Å². The van der Waals surface area contributed by atoms with Crippen molar-refractivity contribution in [2.24, 2.45) is 0 Å². The molecule has 1 unspecified atom stereocenters. The van der Waals surface area contributed by atoms with Crippen LogP contribution in [-0.2, 0) is 9.53 Å². The molecule has 6 heteroatoms. The number of aromatic nitrogens is 1. The normalized spacial score (nSPS) is 11.4. The van der Waals surface area contributed by atoms with Crippen molar-refractivity contribution in [3.05, 3.63) is 59.9 Å². The summed E-state index contributed by atoms with van der Waals surface area (Å²) in [5, 5.41) is 2.61. The number of Topliss-reactive ketones (excluding diaryl/α,β-unsaturated/α-hetero) is 1. The van der Waals surface area contributed by atoms with Crippen LogP contribution < -0.4 is 5.32 Å². The molecular weight excluding hydrogens is 296 g/mol. The highest BCUT2D eigenvalue weighted by molar-refractivity contribution is 6.01. The van der Waals surface area contributed by atoms with Crippen LogP contribution >= 0.6 is 0 Å². The van der Waals surface area contributed by atoms with Gasteiger partial charge in [0.25, 0.3) is 0 Å². The summed E-state index contributed by atoms with van der Waals surface area (Å²) in [5.41, 5.74) is 1.13. The second-order valence-corrected chi connectivity index (χ2v) is 4.89. The van der Waals surface area contributed by atoms with Crippen molar-refractivity contribution in [2.75, 3.05) is 5.32 Å². The van der Waals surface area contributed by atoms with Crippen LogP contribution in [0.5, 0.6) is 0 Å². The van der Waals surface area contributed by atoms with Gasteiger partial charge in [0.15, 0.2) is 6.10 Å². The number of benzene rings is 1. The number of hydrogen-bond donors (Lipinski definition) is 1. The Morgan fingerprint density at radius 1 is 1.09 bits per heavy atom. The summed E-state index contributed by atoms with van der Waals surface area (Å²) in [6.07, 6.45) is 0.542. The molecule has 1 aromatic carbocycles. The number of rotatable bonds is 5. The lowest BCUT2D eigenvalue weighted by atomic mass is 10.1. The minimum absolute atomic E-state index is 0.146. The Morgan fingerprint density at radius 2 is 1.78 bits per heavy atom. The summed E-state index contributed by atoms with van der Waals surface area (Å²) in [6.45, 7) is 2.91. The molecule has 2 aromatic rings. The summed E-state index contributed by atoms with van der Waals surface area (Å²) in [6, 6.07) is 11.2. The first-order valence-corrected chi connectivity index (χ1v) is 7.01. The van der Waals surface area contributed by atoms with Crippen molar-refractivity contribution in [3.8, 4) is 0 Å². The van der Waals surface area contributed by atoms with Crippen molar-refractivity contribution in [1.82, 2.24) is 4.98 Å². The Bertz CT molecular complexity index is 711. The lowest BCUT2D eigenvalue weighted by molar-refractivity contribution is -0.114. The number of esters is 1. The van der Waals surface area contributed by atoms with Crippen molar-refractivity contribution < 1.29 is 19.1 Å². The van der Waals surface area contributed by atoms with E-state index in [0.29, 0.717) is 11.3 Å². The number of ether oxygens (including phenoxy) is 1. The van der Waals surface area contributed by atoms with Gasteiger partial charge in [-0.2, -0.15) is 0 Å². The van der Waals surface area contributed by atoms with E-state index in [1.54, 1.807) is 36.4 Å². The number of pyridine rings is 1. The van der Waals surface area contributed by atoms with E-state index >= 15 is 0 Å². The van der Waals surface area contributed by atoms with E-state index in [-0.39, 0.29) is 17.4 Å². The maximum Gasteiger partial charge on any atom is 0.357 e. The number of amides is 1. The lowest BCUT2D eigenvalue weighted by Crippen LogP contribution is -2.24. The molecular formula is C17H16N2O4. The first-order chi connectivity index (χ1) is 11.0. The van der Waals surface area contributed by atoms with Gasteiger partial charge in [-0.25, -0.2) is 9.78 Å². The van der Waals surface area contributed by atoms with E-state index in [2.05, 4.69) is 10.3 Å². The zero-order valence-electron chi connectivity index (χ0n) is 12.8. The highest BCUT2D eigenvalue weighted by Gasteiger charge is 2.20. The standard InChI is InChI=1S/C17H16N2O4/c1-11(23-17(22)15-5-3-4-10-18-15)16(21)13-6-8-14(9-7-13)19-12(2)20/h3-11H,1-2H3,(H,19,20). The molecule has 0 bridgehead atoms. The first-order valence-electron chi connectivity index (χ1n) is 7.01. The monoisotopic (exact) mass is 312 g/mol. The van der Waals surface area contributed by atoms with E-state index in [1.165, 1.54) is 26.1 Å². The van der Waals surface area contributed by atoms with Crippen LogP contribution in [0.15, 0.2) is 48.7 Å². The minimum Gasteiger partial charge on any atom is -0.450 e. The predicted molar refractivity (Wildman–Crippen MR) is 84.2 cm³/mol. The average Bonchev–Trinajstić information content (AvgIpc) is 2.55. The van der Waals surface area contributed by atoms with E-state index < -0.39 is 12.1 Å². The number of carbonyl (C=O) groups excluding carboxylic acids is 3. The van der Waals surface area contributed by atoms with Crippen molar-refractivity contribution in [2.45, 2.75) is 20.0 Å². The molecule has 0 aliphatic rings. The van der Waals surface area contributed by atoms with Crippen molar-refractivity contribution in [3.63, 3.8) is 0 Å². The Hall–Kier alpha value is -3.02. The van der Waals surface area contributed by atoms with Crippen LogP contribution in [0.4, 0.5) is 5.69 Å². The number of hydrogen-bond acceptors (Lipinski definition) is 5. The summed E-state index contributed by atoms with van der Waals surface area (Å²) in [5.74, 6) is -1.17. The molecule has 1 amide bonds. The second-order valence-electron chi connectivity index (χ2n) is 4.89. The van der Waals surface area contributed by atoms with Crippen LogP contribution in [-0.4, -0.2) is 28.7 Å². The van der Waals surface area contributed by atoms with Gasteiger partial charge < -0.3 is 10.1 Å². The highest BCUT2D eigenvalue weighted by Crippen LogP contribution is 2.13. The molecule has 1 heterocycles. The van der Waals surface area contributed by atoms with Gasteiger partial charge in [-0.1, -0.05) is 6.07 Å². The lowest BCUT2D eigenvalue weighted by Gasteiger charge is -2.12.